The average Bonchev–Trinajstić information content (AvgIpc) is 3.56. The molecule has 10 atom stereocenters. The Bertz CT molecular complexity index is 1180. The van der Waals surface area contributed by atoms with Crippen LogP contribution in [0.2, 0.25) is 0 Å². The minimum Gasteiger partial charge on any atom is -0.457 e. The Kier molecular flexibility index (Phi) is 6.65. The van der Waals surface area contributed by atoms with Crippen LogP contribution < -0.4 is 5.32 Å². The van der Waals surface area contributed by atoms with Gasteiger partial charge in [0.2, 0.25) is 5.91 Å². The average molecular weight is 524 g/mol. The van der Waals surface area contributed by atoms with Gasteiger partial charge in [0, 0.05) is 30.7 Å². The van der Waals surface area contributed by atoms with Crippen LogP contribution in [0.4, 0.5) is 0 Å². The summed E-state index contributed by atoms with van der Waals surface area (Å²) in [5, 5.41) is 24.8. The number of rotatable bonds is 4. The SMILES string of the molecule is CC(=O)OC1C=CC(C)(O)C(=O)C(C)CC=CC2C3OC3(CO)C(C)C3C(Cc4ccccc4)NC(=O)C123. The molecule has 5 rings (SSSR count). The highest BCUT2D eigenvalue weighted by molar-refractivity contribution is 5.91. The number of ether oxygens (including phenoxy) is 2. The van der Waals surface area contributed by atoms with Gasteiger partial charge in [-0.2, -0.15) is 0 Å². The van der Waals surface area contributed by atoms with Gasteiger partial charge in [0.25, 0.3) is 0 Å². The second-order valence-corrected chi connectivity index (χ2v) is 11.7. The summed E-state index contributed by atoms with van der Waals surface area (Å²) in [5.41, 5.74) is -2.85. The molecule has 8 nitrogen and oxygen atoms in total. The second-order valence-electron chi connectivity index (χ2n) is 11.7. The molecule has 2 saturated heterocycles. The summed E-state index contributed by atoms with van der Waals surface area (Å²) in [4.78, 5) is 39.7. The summed E-state index contributed by atoms with van der Waals surface area (Å²) < 4.78 is 12.1. The van der Waals surface area contributed by atoms with Gasteiger partial charge in [0.1, 0.15) is 22.7 Å². The first-order valence-corrected chi connectivity index (χ1v) is 13.4. The van der Waals surface area contributed by atoms with Crippen molar-refractivity contribution in [1.82, 2.24) is 5.32 Å². The molecule has 2 aliphatic carbocycles. The third kappa shape index (κ3) is 3.96. The van der Waals surface area contributed by atoms with Gasteiger partial charge in [-0.1, -0.05) is 56.3 Å². The van der Waals surface area contributed by atoms with Crippen molar-refractivity contribution in [2.75, 3.05) is 6.61 Å². The Morgan fingerprint density at radius 3 is 2.55 bits per heavy atom. The highest BCUT2D eigenvalue weighted by Gasteiger charge is 2.80. The third-order valence-electron chi connectivity index (χ3n) is 9.34. The molecule has 1 aromatic carbocycles. The molecule has 204 valence electrons. The van der Waals surface area contributed by atoms with Gasteiger partial charge < -0.3 is 25.0 Å². The first-order chi connectivity index (χ1) is 18.0. The molecule has 0 aromatic heterocycles. The first-order valence-electron chi connectivity index (χ1n) is 13.4. The summed E-state index contributed by atoms with van der Waals surface area (Å²) in [6.07, 6.45) is 6.01. The van der Waals surface area contributed by atoms with Crippen molar-refractivity contribution in [3.63, 3.8) is 0 Å². The summed E-state index contributed by atoms with van der Waals surface area (Å²) in [7, 11) is 0. The van der Waals surface area contributed by atoms with Crippen LogP contribution in [0.1, 0.15) is 39.7 Å². The molecule has 38 heavy (non-hydrogen) atoms. The monoisotopic (exact) mass is 523 g/mol. The van der Waals surface area contributed by atoms with Crippen LogP contribution in [0, 0.1) is 29.1 Å². The molecule has 8 heteroatoms. The predicted octanol–water partition coefficient (Wildman–Crippen LogP) is 2.13. The van der Waals surface area contributed by atoms with E-state index >= 15 is 0 Å². The number of aliphatic hydroxyl groups is 2. The van der Waals surface area contributed by atoms with Crippen LogP contribution in [0.25, 0.3) is 0 Å². The molecule has 1 saturated carbocycles. The Morgan fingerprint density at radius 2 is 1.89 bits per heavy atom. The van der Waals surface area contributed by atoms with E-state index in [1.54, 1.807) is 6.92 Å². The van der Waals surface area contributed by atoms with Crippen molar-refractivity contribution >= 4 is 17.7 Å². The quantitative estimate of drug-likeness (QED) is 0.314. The minimum absolute atomic E-state index is 0.195. The number of epoxide rings is 1. The number of amides is 1. The fourth-order valence-electron chi connectivity index (χ4n) is 7.46. The second kappa shape index (κ2) is 9.43. The standard InChI is InChI=1S/C30H37NO7/c1-17-9-8-12-21-26-29(16-32,38-26)18(2)24-22(15-20-10-6-5-7-11-20)31-27(35)30(21,24)23(37-19(3)33)13-14-28(4,36)25(17)34/h5-8,10-14,17-18,21-24,26,32,36H,9,15-16H2,1-4H3,(H,31,35). The van der Waals surface area contributed by atoms with Crippen LogP contribution in [-0.2, 0) is 30.3 Å². The molecular formula is C30H37NO7. The van der Waals surface area contributed by atoms with Gasteiger partial charge in [0.15, 0.2) is 5.78 Å². The van der Waals surface area contributed by atoms with Gasteiger partial charge in [-0.25, -0.2) is 0 Å². The van der Waals surface area contributed by atoms with Crippen LogP contribution in [0.3, 0.4) is 0 Å². The highest BCUT2D eigenvalue weighted by atomic mass is 16.6. The van der Waals surface area contributed by atoms with E-state index in [9.17, 15) is 24.6 Å². The number of carbonyl (C=O) groups is 3. The lowest BCUT2D eigenvalue weighted by molar-refractivity contribution is -0.163. The number of nitrogens with one attached hydrogen (secondary N) is 1. The van der Waals surface area contributed by atoms with E-state index < -0.39 is 46.6 Å². The van der Waals surface area contributed by atoms with Gasteiger partial charge in [-0.3, -0.25) is 14.4 Å². The van der Waals surface area contributed by atoms with E-state index in [0.29, 0.717) is 12.8 Å². The number of esters is 1. The van der Waals surface area contributed by atoms with Gasteiger partial charge >= 0.3 is 5.97 Å². The molecule has 2 heterocycles. The maximum Gasteiger partial charge on any atom is 0.303 e. The van der Waals surface area contributed by atoms with Crippen LogP contribution in [0.15, 0.2) is 54.6 Å². The van der Waals surface area contributed by atoms with Crippen molar-refractivity contribution in [3.8, 4) is 0 Å². The van der Waals surface area contributed by atoms with Crippen LogP contribution in [-0.4, -0.2) is 63.9 Å². The molecule has 0 radical (unpaired) electrons. The smallest absolute Gasteiger partial charge is 0.303 e. The number of benzene rings is 1. The van der Waals surface area contributed by atoms with Crippen molar-refractivity contribution in [2.45, 2.75) is 70.0 Å². The van der Waals surface area contributed by atoms with E-state index in [1.165, 1.54) is 26.0 Å². The van der Waals surface area contributed by atoms with E-state index in [2.05, 4.69) is 5.32 Å². The largest absolute Gasteiger partial charge is 0.457 e. The number of aliphatic hydroxyl groups excluding tert-OH is 1. The number of carbonyl (C=O) groups excluding carboxylic acids is 3. The van der Waals surface area contributed by atoms with E-state index in [0.717, 1.165) is 5.56 Å². The normalized spacial score (nSPS) is 43.8. The van der Waals surface area contributed by atoms with Gasteiger partial charge in [-0.15, -0.1) is 0 Å². The molecule has 0 bridgehead atoms. The number of hydrogen-bond acceptors (Lipinski definition) is 7. The Morgan fingerprint density at radius 1 is 1.18 bits per heavy atom. The minimum atomic E-state index is -1.80. The van der Waals surface area contributed by atoms with Crippen LogP contribution in [0.5, 0.6) is 0 Å². The number of allylic oxidation sites excluding steroid dienone is 1. The van der Waals surface area contributed by atoms with Crippen molar-refractivity contribution < 1.29 is 34.1 Å². The Labute approximate surface area is 223 Å². The lowest BCUT2D eigenvalue weighted by Crippen LogP contribution is -2.61. The van der Waals surface area contributed by atoms with Crippen LogP contribution >= 0.6 is 0 Å². The maximum absolute atomic E-state index is 14.3. The molecular weight excluding hydrogens is 486 g/mol. The zero-order chi connectivity index (χ0) is 27.5. The maximum atomic E-state index is 14.3. The lowest BCUT2D eigenvalue weighted by Gasteiger charge is -2.49. The number of Topliss-reactive ketones (excluding diaryl/α,β-unsaturated/α-hetero) is 1. The predicted molar refractivity (Wildman–Crippen MR) is 139 cm³/mol. The summed E-state index contributed by atoms with van der Waals surface area (Å²) >= 11 is 0. The molecule has 1 aromatic rings. The molecule has 1 spiro atoms. The summed E-state index contributed by atoms with van der Waals surface area (Å²) in [5.74, 6) is -2.85. The number of fused-ring (bicyclic) bond motifs is 2. The zero-order valence-electron chi connectivity index (χ0n) is 22.3. The zero-order valence-corrected chi connectivity index (χ0v) is 22.3. The van der Waals surface area contributed by atoms with E-state index in [4.69, 9.17) is 9.47 Å². The molecule has 3 fully saturated rings. The highest BCUT2D eigenvalue weighted by Crippen LogP contribution is 2.67. The Hall–Kier alpha value is -2.81. The van der Waals surface area contributed by atoms with Crippen molar-refractivity contribution in [2.24, 2.45) is 29.1 Å². The Balaban J connectivity index is 1.71. The van der Waals surface area contributed by atoms with Gasteiger partial charge in [0.05, 0.1) is 12.7 Å². The molecule has 3 N–H and O–H groups in total. The summed E-state index contributed by atoms with van der Waals surface area (Å²) in [6, 6.07) is 9.53. The lowest BCUT2D eigenvalue weighted by atomic mass is 9.51. The number of ketones is 1. The summed E-state index contributed by atoms with van der Waals surface area (Å²) in [6.45, 7) is 6.25. The fraction of sp³-hybridized carbons (Fsp3) is 0.567. The third-order valence-corrected chi connectivity index (χ3v) is 9.34. The van der Waals surface area contributed by atoms with E-state index in [-0.39, 0.29) is 36.2 Å². The number of hydrogen-bond donors (Lipinski definition) is 3. The molecule has 1 amide bonds. The van der Waals surface area contributed by atoms with Gasteiger partial charge in [-0.05, 0) is 43.4 Å². The molecule has 2 aliphatic heterocycles. The van der Waals surface area contributed by atoms with Crippen molar-refractivity contribution in [3.05, 3.63) is 60.2 Å². The van der Waals surface area contributed by atoms with E-state index in [1.807, 2.05) is 49.4 Å². The molecule has 4 aliphatic rings. The topological polar surface area (TPSA) is 125 Å². The molecule has 10 unspecified atom stereocenters. The fourth-order valence-corrected chi connectivity index (χ4v) is 7.46. The van der Waals surface area contributed by atoms with Crippen molar-refractivity contribution in [1.29, 1.82) is 0 Å². The first kappa shape index (κ1) is 26.8.